The molecule has 0 aliphatic heterocycles. The lowest BCUT2D eigenvalue weighted by molar-refractivity contribution is 0.102. The van der Waals surface area contributed by atoms with Crippen molar-refractivity contribution in [2.24, 2.45) is 0 Å². The number of amides is 1. The molecule has 4 nitrogen and oxygen atoms in total. The van der Waals surface area contributed by atoms with Gasteiger partial charge in [0.1, 0.15) is 0 Å². The number of carbonyl (C=O) groups excluding carboxylic acids is 1. The number of carbonyl (C=O) groups is 1. The molecule has 0 aromatic heterocycles. The molecule has 18 heavy (non-hydrogen) atoms. The molecular formula is C13H10ClNO3. The van der Waals surface area contributed by atoms with E-state index in [1.807, 2.05) is 0 Å². The lowest BCUT2D eigenvalue weighted by Crippen LogP contribution is -2.11. The zero-order chi connectivity index (χ0) is 13.1. The Kier molecular flexibility index (Phi) is 3.39. The van der Waals surface area contributed by atoms with Gasteiger partial charge in [-0.3, -0.25) is 4.79 Å². The van der Waals surface area contributed by atoms with Crippen LogP contribution in [0.2, 0.25) is 5.02 Å². The Hall–Kier alpha value is -2.20. The number of hydrogen-bond acceptors (Lipinski definition) is 3. The summed E-state index contributed by atoms with van der Waals surface area (Å²) in [6.45, 7) is 0. The highest BCUT2D eigenvalue weighted by molar-refractivity contribution is 6.30. The van der Waals surface area contributed by atoms with E-state index in [2.05, 4.69) is 5.32 Å². The number of anilines is 1. The highest BCUT2D eigenvalue weighted by Crippen LogP contribution is 2.25. The fraction of sp³-hybridized carbons (Fsp3) is 0. The van der Waals surface area contributed by atoms with Crippen LogP contribution in [0.15, 0.2) is 42.5 Å². The SMILES string of the molecule is O=C(Nc1ccc(Cl)cc1)c1ccc(O)c(O)c1. The van der Waals surface area contributed by atoms with E-state index in [9.17, 15) is 9.90 Å². The lowest BCUT2D eigenvalue weighted by atomic mass is 10.2. The van der Waals surface area contributed by atoms with Gasteiger partial charge in [0.25, 0.3) is 5.91 Å². The van der Waals surface area contributed by atoms with E-state index < -0.39 is 0 Å². The molecule has 0 spiro atoms. The molecule has 0 aliphatic carbocycles. The maximum absolute atomic E-state index is 11.8. The lowest BCUT2D eigenvalue weighted by Gasteiger charge is -2.06. The highest BCUT2D eigenvalue weighted by Gasteiger charge is 2.08. The predicted molar refractivity (Wildman–Crippen MR) is 69.2 cm³/mol. The van der Waals surface area contributed by atoms with E-state index in [0.717, 1.165) is 0 Å². The molecule has 5 heteroatoms. The maximum Gasteiger partial charge on any atom is 0.255 e. The van der Waals surface area contributed by atoms with Gasteiger partial charge in [0.15, 0.2) is 11.5 Å². The molecule has 0 saturated carbocycles. The second-order valence-electron chi connectivity index (χ2n) is 3.66. The van der Waals surface area contributed by atoms with Crippen molar-refractivity contribution >= 4 is 23.2 Å². The molecule has 0 unspecified atom stereocenters. The van der Waals surface area contributed by atoms with Crippen molar-refractivity contribution in [3.8, 4) is 11.5 Å². The number of rotatable bonds is 2. The van der Waals surface area contributed by atoms with Crippen LogP contribution in [0.1, 0.15) is 10.4 Å². The first-order valence-electron chi connectivity index (χ1n) is 5.15. The van der Waals surface area contributed by atoms with Gasteiger partial charge in [-0.25, -0.2) is 0 Å². The summed E-state index contributed by atoms with van der Waals surface area (Å²) in [6, 6.07) is 10.5. The zero-order valence-electron chi connectivity index (χ0n) is 9.22. The number of hydrogen-bond donors (Lipinski definition) is 3. The molecular weight excluding hydrogens is 254 g/mol. The number of aromatic hydroxyl groups is 2. The van der Waals surface area contributed by atoms with E-state index >= 15 is 0 Å². The minimum absolute atomic E-state index is 0.250. The van der Waals surface area contributed by atoms with Gasteiger partial charge in [-0.05, 0) is 42.5 Å². The fourth-order valence-corrected chi connectivity index (χ4v) is 1.53. The van der Waals surface area contributed by atoms with Gasteiger partial charge in [0.05, 0.1) is 0 Å². The predicted octanol–water partition coefficient (Wildman–Crippen LogP) is 3.00. The summed E-state index contributed by atoms with van der Waals surface area (Å²) >= 11 is 5.73. The Labute approximate surface area is 108 Å². The van der Waals surface area contributed by atoms with Crippen molar-refractivity contribution in [3.63, 3.8) is 0 Å². The maximum atomic E-state index is 11.8. The van der Waals surface area contributed by atoms with E-state index in [0.29, 0.717) is 10.7 Å². The molecule has 0 bridgehead atoms. The third-order valence-electron chi connectivity index (χ3n) is 2.34. The summed E-state index contributed by atoms with van der Waals surface area (Å²) in [5, 5.41) is 21.7. The Bertz CT molecular complexity index is 581. The van der Waals surface area contributed by atoms with Crippen LogP contribution in [0.25, 0.3) is 0 Å². The summed E-state index contributed by atoms with van der Waals surface area (Å²) in [5.74, 6) is -0.982. The Morgan fingerprint density at radius 3 is 2.28 bits per heavy atom. The molecule has 2 rings (SSSR count). The van der Waals surface area contributed by atoms with E-state index in [1.165, 1.54) is 18.2 Å². The Morgan fingerprint density at radius 2 is 1.67 bits per heavy atom. The van der Waals surface area contributed by atoms with Gasteiger partial charge in [-0.2, -0.15) is 0 Å². The summed E-state index contributed by atoms with van der Waals surface area (Å²) in [5.41, 5.74) is 0.845. The third kappa shape index (κ3) is 2.73. The topological polar surface area (TPSA) is 69.6 Å². The molecule has 0 fully saturated rings. The molecule has 3 N–H and O–H groups in total. The number of benzene rings is 2. The summed E-state index contributed by atoms with van der Waals surface area (Å²) in [4.78, 5) is 11.8. The normalized spacial score (nSPS) is 10.1. The molecule has 0 radical (unpaired) electrons. The van der Waals surface area contributed by atoms with Crippen LogP contribution < -0.4 is 5.32 Å². The summed E-state index contributed by atoms with van der Waals surface area (Å²) in [7, 11) is 0. The first kappa shape index (κ1) is 12.3. The van der Waals surface area contributed by atoms with Crippen molar-refractivity contribution in [1.29, 1.82) is 0 Å². The van der Waals surface area contributed by atoms with Crippen LogP contribution in [0.3, 0.4) is 0 Å². The van der Waals surface area contributed by atoms with E-state index in [-0.39, 0.29) is 23.0 Å². The average molecular weight is 264 g/mol. The van der Waals surface area contributed by atoms with Crippen LogP contribution in [-0.2, 0) is 0 Å². The van der Waals surface area contributed by atoms with Crippen molar-refractivity contribution in [1.82, 2.24) is 0 Å². The van der Waals surface area contributed by atoms with Crippen LogP contribution in [-0.4, -0.2) is 16.1 Å². The van der Waals surface area contributed by atoms with Crippen LogP contribution in [0.4, 0.5) is 5.69 Å². The van der Waals surface area contributed by atoms with Gasteiger partial charge in [-0.15, -0.1) is 0 Å². The van der Waals surface area contributed by atoms with Crippen molar-refractivity contribution in [2.45, 2.75) is 0 Å². The van der Waals surface area contributed by atoms with E-state index in [4.69, 9.17) is 16.7 Å². The molecule has 0 heterocycles. The average Bonchev–Trinajstić information content (AvgIpc) is 2.35. The Balaban J connectivity index is 2.16. The van der Waals surface area contributed by atoms with Crippen molar-refractivity contribution < 1.29 is 15.0 Å². The van der Waals surface area contributed by atoms with Crippen molar-refractivity contribution in [2.75, 3.05) is 5.32 Å². The standard InChI is InChI=1S/C13H10ClNO3/c14-9-2-4-10(5-3-9)15-13(18)8-1-6-11(16)12(17)7-8/h1-7,16-17H,(H,15,18). The van der Waals surface area contributed by atoms with Gasteiger partial charge < -0.3 is 15.5 Å². The number of phenols is 2. The second kappa shape index (κ2) is 4.98. The molecule has 2 aromatic carbocycles. The number of phenolic OH excluding ortho intramolecular Hbond substituents is 2. The quantitative estimate of drug-likeness (QED) is 0.730. The monoisotopic (exact) mass is 263 g/mol. The van der Waals surface area contributed by atoms with Crippen LogP contribution in [0.5, 0.6) is 11.5 Å². The molecule has 2 aromatic rings. The second-order valence-corrected chi connectivity index (χ2v) is 4.10. The molecule has 0 aliphatic rings. The molecule has 92 valence electrons. The third-order valence-corrected chi connectivity index (χ3v) is 2.59. The minimum atomic E-state index is -0.382. The fourth-order valence-electron chi connectivity index (χ4n) is 1.40. The van der Waals surface area contributed by atoms with Gasteiger partial charge in [0, 0.05) is 16.3 Å². The Morgan fingerprint density at radius 1 is 1.00 bits per heavy atom. The zero-order valence-corrected chi connectivity index (χ0v) is 9.98. The van der Waals surface area contributed by atoms with Crippen LogP contribution >= 0.6 is 11.6 Å². The molecule has 1 amide bonds. The van der Waals surface area contributed by atoms with Gasteiger partial charge >= 0.3 is 0 Å². The van der Waals surface area contributed by atoms with Crippen LogP contribution in [0, 0.1) is 0 Å². The number of halogens is 1. The van der Waals surface area contributed by atoms with Crippen molar-refractivity contribution in [3.05, 3.63) is 53.1 Å². The highest BCUT2D eigenvalue weighted by atomic mass is 35.5. The smallest absolute Gasteiger partial charge is 0.255 e. The molecule has 0 atom stereocenters. The van der Waals surface area contributed by atoms with Gasteiger partial charge in [0.2, 0.25) is 0 Å². The molecule has 0 saturated heterocycles. The number of nitrogens with one attached hydrogen (secondary N) is 1. The minimum Gasteiger partial charge on any atom is -0.504 e. The largest absolute Gasteiger partial charge is 0.504 e. The van der Waals surface area contributed by atoms with E-state index in [1.54, 1.807) is 24.3 Å². The summed E-state index contributed by atoms with van der Waals surface area (Å²) < 4.78 is 0. The van der Waals surface area contributed by atoms with Gasteiger partial charge in [-0.1, -0.05) is 11.6 Å². The first-order chi connectivity index (χ1) is 8.56. The first-order valence-corrected chi connectivity index (χ1v) is 5.53. The summed E-state index contributed by atoms with van der Waals surface area (Å²) in [6.07, 6.45) is 0.